The summed E-state index contributed by atoms with van der Waals surface area (Å²) in [5.41, 5.74) is 1.16. The molecule has 0 radical (unpaired) electrons. The summed E-state index contributed by atoms with van der Waals surface area (Å²) >= 11 is 12.5. The number of carbonyl (C=O) groups is 2. The smallest absolute Gasteiger partial charge is 0.300 e. The normalized spacial score (nSPS) is 17.4. The maximum absolute atomic E-state index is 13.3. The van der Waals surface area contributed by atoms with Gasteiger partial charge in [-0.25, -0.2) is 0 Å². The van der Waals surface area contributed by atoms with Gasteiger partial charge in [-0.2, -0.15) is 0 Å². The number of benzene rings is 2. The minimum Gasteiger partial charge on any atom is -0.507 e. The van der Waals surface area contributed by atoms with Crippen LogP contribution < -0.4 is 14.4 Å². The van der Waals surface area contributed by atoms with Crippen molar-refractivity contribution in [2.24, 2.45) is 0 Å². The van der Waals surface area contributed by atoms with Gasteiger partial charge in [-0.1, -0.05) is 29.3 Å². The van der Waals surface area contributed by atoms with Crippen LogP contribution in [0.4, 0.5) is 5.69 Å². The van der Waals surface area contributed by atoms with Crippen LogP contribution in [0.25, 0.3) is 5.76 Å². The lowest BCUT2D eigenvalue weighted by Crippen LogP contribution is -2.29. The van der Waals surface area contributed by atoms with Crippen molar-refractivity contribution in [2.45, 2.75) is 19.9 Å². The maximum Gasteiger partial charge on any atom is 0.300 e. The van der Waals surface area contributed by atoms with Crippen LogP contribution in [0, 0.1) is 13.8 Å². The number of aliphatic hydroxyl groups excluding tert-OH is 1. The van der Waals surface area contributed by atoms with E-state index in [9.17, 15) is 14.7 Å². The number of hydrogen-bond donors (Lipinski definition) is 1. The fraction of sp³-hybridized carbons (Fsp3) is 0.200. The number of ether oxygens (including phenoxy) is 2. The molecule has 0 saturated carbocycles. The molecule has 9 heteroatoms. The molecule has 1 atom stereocenters. The van der Waals surface area contributed by atoms with Crippen LogP contribution in [0.15, 0.2) is 52.5 Å². The molecule has 1 aromatic heterocycles. The zero-order valence-electron chi connectivity index (χ0n) is 18.8. The van der Waals surface area contributed by atoms with Gasteiger partial charge >= 0.3 is 0 Å². The monoisotopic (exact) mass is 501 g/mol. The molecule has 1 aliphatic rings. The predicted octanol–water partition coefficient (Wildman–Crippen LogP) is 5.85. The summed E-state index contributed by atoms with van der Waals surface area (Å²) in [6, 6.07) is 10.2. The summed E-state index contributed by atoms with van der Waals surface area (Å²) in [7, 11) is 2.82. The number of nitrogens with zero attached hydrogens (tertiary/aromatic N) is 1. The van der Waals surface area contributed by atoms with Crippen molar-refractivity contribution in [1.29, 1.82) is 0 Å². The van der Waals surface area contributed by atoms with E-state index in [1.165, 1.54) is 31.3 Å². The van der Waals surface area contributed by atoms with Crippen molar-refractivity contribution in [2.75, 3.05) is 19.1 Å². The van der Waals surface area contributed by atoms with E-state index in [0.29, 0.717) is 22.2 Å². The highest BCUT2D eigenvalue weighted by Gasteiger charge is 2.48. The lowest BCUT2D eigenvalue weighted by Gasteiger charge is -2.24. The molecule has 2 heterocycles. The number of halogens is 2. The van der Waals surface area contributed by atoms with E-state index in [1.807, 2.05) is 6.92 Å². The molecule has 0 aliphatic carbocycles. The summed E-state index contributed by atoms with van der Waals surface area (Å²) < 4.78 is 16.4. The quantitative estimate of drug-likeness (QED) is 0.268. The Balaban J connectivity index is 1.99. The average molecular weight is 502 g/mol. The zero-order chi connectivity index (χ0) is 24.7. The Bertz CT molecular complexity index is 1340. The number of Topliss-reactive ketones (excluding diaryl/α,β-unsaturated/α-hetero) is 1. The first-order chi connectivity index (χ1) is 16.2. The van der Waals surface area contributed by atoms with Crippen LogP contribution in [0.3, 0.4) is 0 Å². The molecule has 176 valence electrons. The lowest BCUT2D eigenvalue weighted by atomic mass is 9.98. The van der Waals surface area contributed by atoms with Crippen LogP contribution in [-0.2, 0) is 9.59 Å². The standard InChI is InChI=1S/C25H21Cl2NO6/c1-12-5-7-14(9-16(12)26)28-22(18-8-6-13(2)34-18)21(24(30)25(28)31)23(29)15-10-20(33-4)17(27)11-19(15)32-3/h5-11,22,29H,1-4H3/b23-21+. The SMILES string of the molecule is COc1cc(/C(O)=C2\C(=O)C(=O)N(c3ccc(C)c(Cl)c3)C2c2ccc(C)o2)c(OC)cc1Cl. The van der Waals surface area contributed by atoms with Gasteiger partial charge in [-0.15, -0.1) is 0 Å². The summed E-state index contributed by atoms with van der Waals surface area (Å²) in [5.74, 6) is -0.839. The first kappa shape index (κ1) is 23.7. The minimum absolute atomic E-state index is 0.136. The van der Waals surface area contributed by atoms with Gasteiger partial charge in [-0.05, 0) is 49.7 Å². The Hall–Kier alpha value is -3.42. The van der Waals surface area contributed by atoms with Crippen molar-refractivity contribution in [1.82, 2.24) is 0 Å². The Labute approximate surface area is 206 Å². The highest BCUT2D eigenvalue weighted by molar-refractivity contribution is 6.51. The molecule has 0 spiro atoms. The molecule has 1 N–H and O–H groups in total. The molecule has 1 saturated heterocycles. The van der Waals surface area contributed by atoms with Gasteiger partial charge in [0.15, 0.2) is 0 Å². The zero-order valence-corrected chi connectivity index (χ0v) is 20.3. The van der Waals surface area contributed by atoms with Gasteiger partial charge in [0, 0.05) is 16.8 Å². The van der Waals surface area contributed by atoms with E-state index in [4.69, 9.17) is 37.1 Å². The molecule has 2 aromatic carbocycles. The maximum atomic E-state index is 13.3. The van der Waals surface area contributed by atoms with E-state index in [1.54, 1.807) is 37.3 Å². The van der Waals surface area contributed by atoms with Crippen LogP contribution in [0.5, 0.6) is 11.5 Å². The fourth-order valence-corrected chi connectivity index (χ4v) is 4.30. The third-order valence-corrected chi connectivity index (χ3v) is 6.34. The molecule has 7 nitrogen and oxygen atoms in total. The van der Waals surface area contributed by atoms with Crippen LogP contribution >= 0.6 is 23.2 Å². The Morgan fingerprint density at radius 3 is 2.26 bits per heavy atom. The molecule has 1 fully saturated rings. The number of rotatable bonds is 5. The first-order valence-electron chi connectivity index (χ1n) is 10.2. The van der Waals surface area contributed by atoms with Gasteiger partial charge in [0.2, 0.25) is 0 Å². The number of anilines is 1. The summed E-state index contributed by atoms with van der Waals surface area (Å²) in [4.78, 5) is 27.8. The first-order valence-corrected chi connectivity index (χ1v) is 11.0. The molecule has 1 unspecified atom stereocenters. The summed E-state index contributed by atoms with van der Waals surface area (Å²) in [6.07, 6.45) is 0. The largest absolute Gasteiger partial charge is 0.507 e. The molecule has 34 heavy (non-hydrogen) atoms. The highest BCUT2D eigenvalue weighted by Crippen LogP contribution is 2.45. The Morgan fingerprint density at radius 2 is 1.68 bits per heavy atom. The minimum atomic E-state index is -1.04. The topological polar surface area (TPSA) is 89.2 Å². The van der Waals surface area contributed by atoms with E-state index >= 15 is 0 Å². The molecule has 1 aliphatic heterocycles. The molecule has 3 aromatic rings. The van der Waals surface area contributed by atoms with Crippen molar-refractivity contribution in [3.05, 3.63) is 80.7 Å². The number of carbonyl (C=O) groups excluding carboxylic acids is 2. The number of amides is 1. The molecule has 4 rings (SSSR count). The van der Waals surface area contributed by atoms with Crippen molar-refractivity contribution in [3.63, 3.8) is 0 Å². The third kappa shape index (κ3) is 3.91. The number of aliphatic hydroxyl groups is 1. The van der Waals surface area contributed by atoms with Gasteiger partial charge < -0.3 is 19.0 Å². The number of furan rings is 1. The van der Waals surface area contributed by atoms with E-state index in [-0.39, 0.29) is 27.7 Å². The van der Waals surface area contributed by atoms with E-state index in [2.05, 4.69) is 0 Å². The summed E-state index contributed by atoms with van der Waals surface area (Å²) in [6.45, 7) is 3.57. The van der Waals surface area contributed by atoms with Crippen LogP contribution in [0.1, 0.15) is 28.7 Å². The number of aryl methyl sites for hydroxylation is 2. The fourth-order valence-electron chi connectivity index (χ4n) is 3.89. The van der Waals surface area contributed by atoms with Gasteiger partial charge in [0.25, 0.3) is 11.7 Å². The third-order valence-electron chi connectivity index (χ3n) is 5.64. The van der Waals surface area contributed by atoms with E-state index in [0.717, 1.165) is 5.56 Å². The van der Waals surface area contributed by atoms with Gasteiger partial charge in [0.1, 0.15) is 34.8 Å². The van der Waals surface area contributed by atoms with Crippen LogP contribution in [0.2, 0.25) is 10.0 Å². The Morgan fingerprint density at radius 1 is 0.971 bits per heavy atom. The predicted molar refractivity (Wildman–Crippen MR) is 129 cm³/mol. The summed E-state index contributed by atoms with van der Waals surface area (Å²) in [5, 5.41) is 12.0. The van der Waals surface area contributed by atoms with Crippen molar-refractivity contribution >= 4 is 46.3 Å². The Kier molecular flexibility index (Phi) is 6.34. The number of hydrogen-bond acceptors (Lipinski definition) is 6. The molecular formula is C25H21Cl2NO6. The van der Waals surface area contributed by atoms with E-state index < -0.39 is 23.5 Å². The molecular weight excluding hydrogens is 481 g/mol. The van der Waals surface area contributed by atoms with Crippen molar-refractivity contribution in [3.8, 4) is 11.5 Å². The van der Waals surface area contributed by atoms with Crippen LogP contribution in [-0.4, -0.2) is 31.0 Å². The second-order valence-corrected chi connectivity index (χ2v) is 8.55. The average Bonchev–Trinajstić information content (AvgIpc) is 3.35. The van der Waals surface area contributed by atoms with Gasteiger partial charge in [-0.3, -0.25) is 14.5 Å². The second kappa shape index (κ2) is 9.08. The molecule has 0 bridgehead atoms. The lowest BCUT2D eigenvalue weighted by molar-refractivity contribution is -0.132. The molecule has 1 amide bonds. The highest BCUT2D eigenvalue weighted by atomic mass is 35.5. The number of methoxy groups -OCH3 is 2. The van der Waals surface area contributed by atoms with Crippen molar-refractivity contribution < 1.29 is 28.6 Å². The van der Waals surface area contributed by atoms with Gasteiger partial charge in [0.05, 0.1) is 30.4 Å². The second-order valence-electron chi connectivity index (χ2n) is 7.74. The number of ketones is 1.